The van der Waals surface area contributed by atoms with Crippen molar-refractivity contribution >= 4 is 34.9 Å². The van der Waals surface area contributed by atoms with E-state index >= 15 is 0 Å². The van der Waals surface area contributed by atoms with E-state index in [0.29, 0.717) is 0 Å². The quantitative estimate of drug-likeness (QED) is 0.738. The number of hydrogen-bond acceptors (Lipinski definition) is 4. The molecule has 1 heterocycles. The van der Waals surface area contributed by atoms with Crippen LogP contribution in [0.3, 0.4) is 0 Å². The molecule has 0 saturated carbocycles. The van der Waals surface area contributed by atoms with Gasteiger partial charge in [-0.1, -0.05) is 30.3 Å². The number of carbonyl (C=O) groups excluding carboxylic acids is 3. The number of rotatable bonds is 5. The summed E-state index contributed by atoms with van der Waals surface area (Å²) in [6, 6.07) is 12.8. The molecule has 150 valence electrons. The molecule has 0 aromatic heterocycles. The van der Waals surface area contributed by atoms with Crippen molar-refractivity contribution in [3.05, 3.63) is 76.2 Å². The SMILES string of the molecule is O=C(NCCN1C(=O)SC(=Cc2ccccc2)C1=O)c1ccc(C(F)(F)F)cc1. The van der Waals surface area contributed by atoms with Crippen LogP contribution in [-0.2, 0) is 11.0 Å². The second-order valence-corrected chi connectivity index (χ2v) is 7.07. The summed E-state index contributed by atoms with van der Waals surface area (Å²) < 4.78 is 37.7. The van der Waals surface area contributed by atoms with Gasteiger partial charge >= 0.3 is 6.18 Å². The normalized spacial score (nSPS) is 15.8. The minimum Gasteiger partial charge on any atom is -0.350 e. The summed E-state index contributed by atoms with van der Waals surface area (Å²) in [5.74, 6) is -1.04. The summed E-state index contributed by atoms with van der Waals surface area (Å²) in [6.45, 7) is -0.0559. The molecule has 2 aromatic rings. The van der Waals surface area contributed by atoms with E-state index in [2.05, 4.69) is 5.32 Å². The first kappa shape index (κ1) is 20.7. The lowest BCUT2D eigenvalue weighted by Gasteiger charge is -2.13. The Kier molecular flexibility index (Phi) is 6.07. The summed E-state index contributed by atoms with van der Waals surface area (Å²) in [5.41, 5.74) is -0.0122. The molecular formula is C20H15F3N2O3S. The number of alkyl halides is 3. The van der Waals surface area contributed by atoms with Crippen LogP contribution in [0.25, 0.3) is 6.08 Å². The number of hydrogen-bond donors (Lipinski definition) is 1. The maximum atomic E-state index is 12.6. The van der Waals surface area contributed by atoms with Crippen LogP contribution in [0.15, 0.2) is 59.5 Å². The Hall–Kier alpha value is -3.07. The zero-order chi connectivity index (χ0) is 21.0. The summed E-state index contributed by atoms with van der Waals surface area (Å²) in [7, 11) is 0. The Labute approximate surface area is 168 Å². The Bertz CT molecular complexity index is 957. The van der Waals surface area contributed by atoms with E-state index in [-0.39, 0.29) is 23.6 Å². The fourth-order valence-corrected chi connectivity index (χ4v) is 3.45. The van der Waals surface area contributed by atoms with Crippen LogP contribution < -0.4 is 5.32 Å². The predicted molar refractivity (Wildman–Crippen MR) is 103 cm³/mol. The van der Waals surface area contributed by atoms with Crippen LogP contribution in [-0.4, -0.2) is 35.0 Å². The Morgan fingerprint density at radius 3 is 2.31 bits per heavy atom. The average Bonchev–Trinajstić information content (AvgIpc) is 2.95. The van der Waals surface area contributed by atoms with Crippen LogP contribution in [0.4, 0.5) is 18.0 Å². The largest absolute Gasteiger partial charge is 0.416 e. The Morgan fingerprint density at radius 1 is 1.03 bits per heavy atom. The number of amides is 3. The van der Waals surface area contributed by atoms with Crippen LogP contribution >= 0.6 is 11.8 Å². The summed E-state index contributed by atoms with van der Waals surface area (Å²) >= 11 is 0.815. The number of imide groups is 1. The second kappa shape index (κ2) is 8.52. The van der Waals surface area contributed by atoms with E-state index in [0.717, 1.165) is 46.5 Å². The van der Waals surface area contributed by atoms with Gasteiger partial charge in [0.15, 0.2) is 0 Å². The van der Waals surface area contributed by atoms with E-state index in [4.69, 9.17) is 0 Å². The molecule has 1 aliphatic heterocycles. The first-order chi connectivity index (χ1) is 13.8. The number of benzene rings is 2. The highest BCUT2D eigenvalue weighted by Gasteiger charge is 2.34. The van der Waals surface area contributed by atoms with Gasteiger partial charge in [0.1, 0.15) is 0 Å². The monoisotopic (exact) mass is 420 g/mol. The van der Waals surface area contributed by atoms with Gasteiger partial charge in [-0.05, 0) is 47.7 Å². The van der Waals surface area contributed by atoms with Crippen LogP contribution in [0, 0.1) is 0 Å². The molecular weight excluding hydrogens is 405 g/mol. The van der Waals surface area contributed by atoms with Crippen molar-refractivity contribution in [1.82, 2.24) is 10.2 Å². The number of thioether (sulfide) groups is 1. The molecule has 29 heavy (non-hydrogen) atoms. The summed E-state index contributed by atoms with van der Waals surface area (Å²) in [6.07, 6.45) is -2.86. The smallest absolute Gasteiger partial charge is 0.350 e. The zero-order valence-corrected chi connectivity index (χ0v) is 15.7. The molecule has 5 nitrogen and oxygen atoms in total. The molecule has 0 aliphatic carbocycles. The van der Waals surface area contributed by atoms with E-state index in [1.54, 1.807) is 18.2 Å². The first-order valence-corrected chi connectivity index (χ1v) is 9.33. The predicted octanol–water partition coefficient (Wildman–Crippen LogP) is 4.17. The molecule has 0 unspecified atom stereocenters. The molecule has 3 amide bonds. The van der Waals surface area contributed by atoms with Crippen molar-refractivity contribution < 1.29 is 27.6 Å². The van der Waals surface area contributed by atoms with E-state index in [9.17, 15) is 27.6 Å². The fraction of sp³-hybridized carbons (Fsp3) is 0.150. The van der Waals surface area contributed by atoms with Gasteiger partial charge in [-0.3, -0.25) is 19.3 Å². The van der Waals surface area contributed by atoms with Gasteiger partial charge in [0.25, 0.3) is 17.1 Å². The molecule has 0 atom stereocenters. The number of halogens is 3. The van der Waals surface area contributed by atoms with Crippen molar-refractivity contribution in [3.8, 4) is 0 Å². The van der Waals surface area contributed by atoms with Crippen molar-refractivity contribution in [2.24, 2.45) is 0 Å². The standard InChI is InChI=1S/C20H15F3N2O3S/c21-20(22,23)15-8-6-14(7-9-15)17(26)24-10-11-25-18(27)16(29-19(25)28)12-13-4-2-1-3-5-13/h1-9,12H,10-11H2,(H,24,26). The van der Waals surface area contributed by atoms with Crippen LogP contribution in [0.5, 0.6) is 0 Å². The molecule has 1 saturated heterocycles. The third kappa shape index (κ3) is 5.05. The van der Waals surface area contributed by atoms with Crippen LogP contribution in [0.2, 0.25) is 0 Å². The van der Waals surface area contributed by atoms with E-state index < -0.39 is 28.8 Å². The van der Waals surface area contributed by atoms with Crippen molar-refractivity contribution in [3.63, 3.8) is 0 Å². The topological polar surface area (TPSA) is 66.5 Å². The third-order valence-electron chi connectivity index (χ3n) is 4.07. The molecule has 1 N–H and O–H groups in total. The van der Waals surface area contributed by atoms with Gasteiger partial charge in [-0.2, -0.15) is 13.2 Å². The van der Waals surface area contributed by atoms with Gasteiger partial charge < -0.3 is 5.32 Å². The number of carbonyl (C=O) groups is 3. The molecule has 0 radical (unpaired) electrons. The van der Waals surface area contributed by atoms with Crippen molar-refractivity contribution in [2.75, 3.05) is 13.1 Å². The maximum Gasteiger partial charge on any atom is 0.416 e. The Morgan fingerprint density at radius 2 is 1.69 bits per heavy atom. The lowest BCUT2D eigenvalue weighted by molar-refractivity contribution is -0.137. The lowest BCUT2D eigenvalue weighted by atomic mass is 10.1. The minimum atomic E-state index is -4.48. The molecule has 0 spiro atoms. The van der Waals surface area contributed by atoms with Crippen molar-refractivity contribution in [2.45, 2.75) is 6.18 Å². The van der Waals surface area contributed by atoms with Gasteiger partial charge in [-0.15, -0.1) is 0 Å². The highest BCUT2D eigenvalue weighted by atomic mass is 32.2. The summed E-state index contributed by atoms with van der Waals surface area (Å²) in [5, 5.41) is 2.05. The van der Waals surface area contributed by atoms with Gasteiger partial charge in [0.05, 0.1) is 10.5 Å². The zero-order valence-electron chi connectivity index (χ0n) is 14.9. The summed E-state index contributed by atoms with van der Waals surface area (Å²) in [4.78, 5) is 37.8. The lowest BCUT2D eigenvalue weighted by Crippen LogP contribution is -2.37. The number of nitrogens with zero attached hydrogens (tertiary/aromatic N) is 1. The van der Waals surface area contributed by atoms with Gasteiger partial charge in [0.2, 0.25) is 0 Å². The maximum absolute atomic E-state index is 12.6. The first-order valence-electron chi connectivity index (χ1n) is 8.51. The van der Waals surface area contributed by atoms with Crippen LogP contribution in [0.1, 0.15) is 21.5 Å². The van der Waals surface area contributed by atoms with E-state index in [1.807, 2.05) is 18.2 Å². The fourth-order valence-electron chi connectivity index (χ4n) is 2.59. The highest BCUT2D eigenvalue weighted by molar-refractivity contribution is 8.18. The molecule has 3 rings (SSSR count). The third-order valence-corrected chi connectivity index (χ3v) is 4.97. The minimum absolute atomic E-state index is 0.0173. The molecule has 0 bridgehead atoms. The molecule has 9 heteroatoms. The van der Waals surface area contributed by atoms with Gasteiger partial charge in [0, 0.05) is 18.7 Å². The number of nitrogens with one attached hydrogen (secondary N) is 1. The molecule has 1 aliphatic rings. The molecule has 2 aromatic carbocycles. The van der Waals surface area contributed by atoms with Gasteiger partial charge in [-0.25, -0.2) is 0 Å². The van der Waals surface area contributed by atoms with E-state index in [1.165, 1.54) is 0 Å². The molecule has 1 fully saturated rings. The Balaban J connectivity index is 1.56. The van der Waals surface area contributed by atoms with Crippen molar-refractivity contribution in [1.29, 1.82) is 0 Å². The second-order valence-electron chi connectivity index (χ2n) is 6.08. The highest BCUT2D eigenvalue weighted by Crippen LogP contribution is 2.32. The average molecular weight is 420 g/mol.